The van der Waals surface area contributed by atoms with Gasteiger partial charge in [-0.05, 0) is 36.8 Å². The molecule has 0 bridgehead atoms. The van der Waals surface area contributed by atoms with E-state index in [4.69, 9.17) is 16.3 Å². The van der Waals surface area contributed by atoms with Crippen molar-refractivity contribution in [2.75, 3.05) is 6.61 Å². The second-order valence-electron chi connectivity index (χ2n) is 7.41. The Morgan fingerprint density at radius 2 is 1.39 bits per heavy atom. The molecule has 0 heterocycles. The predicted octanol–water partition coefficient (Wildman–Crippen LogP) is 5.24. The van der Waals surface area contributed by atoms with Gasteiger partial charge in [-0.1, -0.05) is 66.2 Å². The fourth-order valence-electron chi connectivity index (χ4n) is 3.92. The fraction of sp³-hybridized carbons (Fsp3) is 0.111. The molecular formula is C27H19ClO5. The summed E-state index contributed by atoms with van der Waals surface area (Å²) in [5.74, 6) is -4.12. The molecule has 0 saturated carbocycles. The number of esters is 1. The molecule has 1 aliphatic rings. The number of benzene rings is 3. The van der Waals surface area contributed by atoms with Crippen molar-refractivity contribution in [3.63, 3.8) is 0 Å². The molecule has 6 heteroatoms. The number of hydrogen-bond donors (Lipinski definition) is 0. The Hall–Kier alpha value is -3.83. The van der Waals surface area contributed by atoms with Crippen molar-refractivity contribution in [1.82, 2.24) is 0 Å². The van der Waals surface area contributed by atoms with Gasteiger partial charge in [0.05, 0.1) is 6.61 Å². The van der Waals surface area contributed by atoms with Crippen LogP contribution in [0.5, 0.6) is 0 Å². The molecule has 0 aliphatic heterocycles. The van der Waals surface area contributed by atoms with Gasteiger partial charge in [0, 0.05) is 32.9 Å². The maximum absolute atomic E-state index is 13.7. The minimum Gasteiger partial charge on any atom is -0.465 e. The second kappa shape index (κ2) is 9.35. The van der Waals surface area contributed by atoms with Crippen LogP contribution in [0.2, 0.25) is 5.02 Å². The first-order valence-corrected chi connectivity index (χ1v) is 10.8. The van der Waals surface area contributed by atoms with Gasteiger partial charge in [-0.3, -0.25) is 19.2 Å². The van der Waals surface area contributed by atoms with Gasteiger partial charge in [0.1, 0.15) is 5.92 Å². The van der Waals surface area contributed by atoms with Gasteiger partial charge in [-0.25, -0.2) is 0 Å². The van der Waals surface area contributed by atoms with Crippen molar-refractivity contribution in [3.8, 4) is 0 Å². The van der Waals surface area contributed by atoms with Gasteiger partial charge in [-0.2, -0.15) is 0 Å². The smallest absolute Gasteiger partial charge is 0.321 e. The number of halogens is 1. The van der Waals surface area contributed by atoms with E-state index in [0.29, 0.717) is 10.6 Å². The van der Waals surface area contributed by atoms with Crippen LogP contribution in [0.3, 0.4) is 0 Å². The first-order chi connectivity index (χ1) is 15.9. The first kappa shape index (κ1) is 22.4. The zero-order valence-corrected chi connectivity index (χ0v) is 18.5. The monoisotopic (exact) mass is 458 g/mol. The summed E-state index contributed by atoms with van der Waals surface area (Å²) >= 11 is 5.95. The Morgan fingerprint density at radius 1 is 0.818 bits per heavy atom. The highest BCUT2D eigenvalue weighted by molar-refractivity contribution is 6.42. The molecule has 3 aromatic rings. The van der Waals surface area contributed by atoms with E-state index < -0.39 is 29.2 Å². The van der Waals surface area contributed by atoms with E-state index in [0.717, 1.165) is 0 Å². The van der Waals surface area contributed by atoms with Crippen molar-refractivity contribution in [3.05, 3.63) is 112 Å². The van der Waals surface area contributed by atoms with Crippen LogP contribution >= 0.6 is 11.6 Å². The maximum atomic E-state index is 13.7. The quantitative estimate of drug-likeness (QED) is 0.287. The molecule has 5 nitrogen and oxygen atoms in total. The third-order valence-electron chi connectivity index (χ3n) is 5.42. The normalized spacial score (nSPS) is 14.0. The lowest BCUT2D eigenvalue weighted by Crippen LogP contribution is -2.35. The van der Waals surface area contributed by atoms with Crippen molar-refractivity contribution in [1.29, 1.82) is 0 Å². The Labute approximate surface area is 195 Å². The molecule has 0 unspecified atom stereocenters. The van der Waals surface area contributed by atoms with Crippen LogP contribution in [0.15, 0.2) is 84.4 Å². The van der Waals surface area contributed by atoms with Crippen molar-refractivity contribution in [2.24, 2.45) is 5.92 Å². The van der Waals surface area contributed by atoms with Crippen LogP contribution in [-0.4, -0.2) is 29.9 Å². The van der Waals surface area contributed by atoms with E-state index in [2.05, 4.69) is 0 Å². The largest absolute Gasteiger partial charge is 0.465 e. The molecule has 164 valence electrons. The summed E-state index contributed by atoms with van der Waals surface area (Å²) in [7, 11) is 0. The molecular weight excluding hydrogens is 440 g/mol. The molecule has 3 aromatic carbocycles. The number of rotatable bonds is 6. The number of hydrogen-bond acceptors (Lipinski definition) is 5. The lowest BCUT2D eigenvalue weighted by atomic mass is 9.74. The van der Waals surface area contributed by atoms with Gasteiger partial charge < -0.3 is 4.74 Å². The van der Waals surface area contributed by atoms with Crippen molar-refractivity contribution >= 4 is 40.5 Å². The Bertz CT molecular complexity index is 1290. The Balaban J connectivity index is 1.99. The number of fused-ring (bicyclic) bond motifs is 1. The first-order valence-electron chi connectivity index (χ1n) is 10.4. The Morgan fingerprint density at radius 3 is 2.00 bits per heavy atom. The summed E-state index contributed by atoms with van der Waals surface area (Å²) in [6.45, 7) is 1.62. The summed E-state index contributed by atoms with van der Waals surface area (Å²) in [5.41, 5.74) is 0.847. The van der Waals surface area contributed by atoms with E-state index in [1.807, 2.05) is 0 Å². The van der Waals surface area contributed by atoms with E-state index in [-0.39, 0.29) is 34.4 Å². The maximum Gasteiger partial charge on any atom is 0.321 e. The molecule has 0 radical (unpaired) electrons. The zero-order valence-electron chi connectivity index (χ0n) is 17.7. The summed E-state index contributed by atoms with van der Waals surface area (Å²) in [6.07, 6.45) is 0. The minimum atomic E-state index is -1.61. The number of ether oxygens (including phenoxy) is 1. The van der Waals surface area contributed by atoms with E-state index in [1.54, 1.807) is 55.5 Å². The van der Waals surface area contributed by atoms with Crippen LogP contribution in [0.4, 0.5) is 0 Å². The third-order valence-corrected chi connectivity index (χ3v) is 5.67. The van der Waals surface area contributed by atoms with Gasteiger partial charge in [0.15, 0.2) is 17.3 Å². The van der Waals surface area contributed by atoms with Crippen LogP contribution in [0.1, 0.15) is 43.6 Å². The van der Waals surface area contributed by atoms with Crippen LogP contribution in [0.25, 0.3) is 5.57 Å². The second-order valence-corrected chi connectivity index (χ2v) is 7.85. The summed E-state index contributed by atoms with van der Waals surface area (Å²) in [5, 5.41) is 0.418. The average molecular weight is 459 g/mol. The fourth-order valence-corrected chi connectivity index (χ4v) is 4.05. The van der Waals surface area contributed by atoms with E-state index in [9.17, 15) is 19.2 Å². The van der Waals surface area contributed by atoms with Crippen LogP contribution < -0.4 is 0 Å². The number of ketones is 3. The molecule has 0 aromatic heterocycles. The van der Waals surface area contributed by atoms with E-state index >= 15 is 0 Å². The zero-order chi connectivity index (χ0) is 23.5. The molecule has 0 fully saturated rings. The molecule has 1 aliphatic carbocycles. The highest BCUT2D eigenvalue weighted by Crippen LogP contribution is 2.37. The summed E-state index contributed by atoms with van der Waals surface area (Å²) < 4.78 is 5.20. The lowest BCUT2D eigenvalue weighted by molar-refractivity contribution is -0.144. The molecule has 0 N–H and O–H groups in total. The highest BCUT2D eigenvalue weighted by atomic mass is 35.5. The topological polar surface area (TPSA) is 77.5 Å². The van der Waals surface area contributed by atoms with Crippen LogP contribution in [-0.2, 0) is 9.53 Å². The van der Waals surface area contributed by atoms with Crippen LogP contribution in [0, 0.1) is 5.92 Å². The third kappa shape index (κ3) is 4.15. The summed E-state index contributed by atoms with van der Waals surface area (Å²) in [4.78, 5) is 53.9. The number of Topliss-reactive ketones (excluding diaryl/α,β-unsaturated/α-hetero) is 3. The lowest BCUT2D eigenvalue weighted by Gasteiger charge is -2.25. The predicted molar refractivity (Wildman–Crippen MR) is 124 cm³/mol. The SMILES string of the molecule is CCOC(=O)[C@@H](C(=O)c1ccc(Cl)cc1)C1=C(c2ccccc2)C(=O)c2ccccc2C1=O. The molecule has 0 spiro atoms. The number of carbonyl (C=O) groups is 4. The van der Waals surface area contributed by atoms with Crippen molar-refractivity contribution in [2.45, 2.75) is 6.92 Å². The Kier molecular flexibility index (Phi) is 6.33. The standard InChI is InChI=1S/C27H19ClO5/c1-2-33-27(32)23(24(29)17-12-14-18(28)15-13-17)22-21(16-8-4-3-5-9-16)25(30)19-10-6-7-11-20(19)26(22)31/h3-15,23H,2H2,1H3/t23-/m1/s1. The number of allylic oxidation sites excluding steroid dienone is 1. The van der Waals surface area contributed by atoms with Gasteiger partial charge in [-0.15, -0.1) is 0 Å². The molecule has 1 atom stereocenters. The van der Waals surface area contributed by atoms with Crippen molar-refractivity contribution < 1.29 is 23.9 Å². The molecule has 0 amide bonds. The van der Waals surface area contributed by atoms with Gasteiger partial charge in [0.25, 0.3) is 0 Å². The summed E-state index contributed by atoms with van der Waals surface area (Å²) in [6, 6.07) is 20.9. The van der Waals surface area contributed by atoms with E-state index in [1.165, 1.54) is 30.3 Å². The molecule has 4 rings (SSSR count). The highest BCUT2D eigenvalue weighted by Gasteiger charge is 2.43. The molecule has 0 saturated heterocycles. The van der Waals surface area contributed by atoms with Gasteiger partial charge >= 0.3 is 5.97 Å². The average Bonchev–Trinajstić information content (AvgIpc) is 2.83. The molecule has 33 heavy (non-hydrogen) atoms. The number of carbonyl (C=O) groups excluding carboxylic acids is 4. The minimum absolute atomic E-state index is 0.00983. The van der Waals surface area contributed by atoms with Gasteiger partial charge in [0.2, 0.25) is 0 Å².